The number of guanidine groups is 1. The summed E-state index contributed by atoms with van der Waals surface area (Å²) >= 11 is 0. The number of nitrogens with one attached hydrogen (secondary N) is 2. The Hall–Kier alpha value is -2.05. The zero-order chi connectivity index (χ0) is 21.6. The maximum absolute atomic E-state index is 11.8. The molecule has 170 valence electrons. The van der Waals surface area contributed by atoms with Crippen molar-refractivity contribution in [2.45, 2.75) is 11.4 Å². The van der Waals surface area contributed by atoms with Gasteiger partial charge in [-0.25, -0.2) is 13.1 Å². The summed E-state index contributed by atoms with van der Waals surface area (Å²) in [5, 5.41) is 3.37. The Morgan fingerprint density at radius 1 is 1.06 bits per heavy atom. The fraction of sp³-hybridized carbons (Fsp3) is 0.381. The van der Waals surface area contributed by atoms with Crippen LogP contribution in [0.4, 0.5) is 5.69 Å². The van der Waals surface area contributed by atoms with Crippen LogP contribution < -0.4 is 19.7 Å². The molecule has 1 saturated heterocycles. The van der Waals surface area contributed by atoms with Crippen LogP contribution in [0.5, 0.6) is 5.75 Å². The molecule has 3 rings (SSSR count). The Morgan fingerprint density at radius 2 is 1.71 bits per heavy atom. The number of piperazine rings is 1. The molecule has 0 radical (unpaired) electrons. The number of hydrogen-bond acceptors (Lipinski definition) is 5. The van der Waals surface area contributed by atoms with Gasteiger partial charge in [0.25, 0.3) is 0 Å². The molecule has 0 atom stereocenters. The van der Waals surface area contributed by atoms with E-state index in [4.69, 9.17) is 4.74 Å². The predicted molar refractivity (Wildman–Crippen MR) is 135 cm³/mol. The number of para-hydroxylation sites is 2. The summed E-state index contributed by atoms with van der Waals surface area (Å²) in [6.45, 7) is 4.00. The third-order valence-electron chi connectivity index (χ3n) is 5.17. The average molecular weight is 559 g/mol. The first kappa shape index (κ1) is 25.2. The minimum atomic E-state index is -3.42. The molecule has 31 heavy (non-hydrogen) atoms. The van der Waals surface area contributed by atoms with Crippen LogP contribution >= 0.6 is 24.0 Å². The van der Waals surface area contributed by atoms with Gasteiger partial charge in [0.05, 0.1) is 17.7 Å². The number of sulfonamides is 1. The topological polar surface area (TPSA) is 86.3 Å². The minimum absolute atomic E-state index is 0. The van der Waals surface area contributed by atoms with E-state index in [2.05, 4.69) is 30.9 Å². The van der Waals surface area contributed by atoms with E-state index in [0.717, 1.165) is 49.1 Å². The molecule has 1 fully saturated rings. The standard InChI is InChI=1S/C21H29N5O3S.HI/c1-22-21(24-16-17-8-10-18(11-9-17)30(27,28)23-2)26-14-12-25(13-15-26)19-6-4-5-7-20(19)29-3;/h4-11,23H,12-16H2,1-3H3,(H,22,24);1H. The van der Waals surface area contributed by atoms with Crippen LogP contribution in [-0.4, -0.2) is 66.7 Å². The van der Waals surface area contributed by atoms with Gasteiger partial charge in [0, 0.05) is 39.8 Å². The number of rotatable bonds is 6. The summed E-state index contributed by atoms with van der Waals surface area (Å²) in [6.07, 6.45) is 0. The van der Waals surface area contributed by atoms with Gasteiger partial charge in [-0.3, -0.25) is 4.99 Å². The van der Waals surface area contributed by atoms with E-state index in [1.807, 2.05) is 30.3 Å². The van der Waals surface area contributed by atoms with Crippen molar-refractivity contribution in [3.8, 4) is 5.75 Å². The Balaban J connectivity index is 0.00000341. The second-order valence-electron chi connectivity index (χ2n) is 6.90. The molecule has 0 aromatic heterocycles. The largest absolute Gasteiger partial charge is 0.495 e. The van der Waals surface area contributed by atoms with Crippen molar-refractivity contribution in [1.29, 1.82) is 0 Å². The molecular formula is C21H30IN5O3S. The Bertz CT molecular complexity index is 975. The summed E-state index contributed by atoms with van der Waals surface area (Å²) < 4.78 is 31.5. The number of nitrogens with zero attached hydrogens (tertiary/aromatic N) is 3. The molecule has 0 bridgehead atoms. The van der Waals surface area contributed by atoms with E-state index >= 15 is 0 Å². The quantitative estimate of drug-likeness (QED) is 0.321. The number of hydrogen-bond donors (Lipinski definition) is 2. The molecule has 8 nitrogen and oxygen atoms in total. The second-order valence-corrected chi connectivity index (χ2v) is 8.78. The van der Waals surface area contributed by atoms with Crippen molar-refractivity contribution in [2.24, 2.45) is 4.99 Å². The zero-order valence-corrected chi connectivity index (χ0v) is 21.2. The highest BCUT2D eigenvalue weighted by Gasteiger charge is 2.21. The highest BCUT2D eigenvalue weighted by molar-refractivity contribution is 14.0. The van der Waals surface area contributed by atoms with Crippen LogP contribution in [0.1, 0.15) is 5.56 Å². The Labute approximate surface area is 201 Å². The summed E-state index contributed by atoms with van der Waals surface area (Å²) in [5.41, 5.74) is 2.10. The van der Waals surface area contributed by atoms with Crippen LogP contribution in [0.2, 0.25) is 0 Å². The molecule has 0 aliphatic carbocycles. The number of halogens is 1. The van der Waals surface area contributed by atoms with Crippen molar-refractivity contribution >= 4 is 45.6 Å². The smallest absolute Gasteiger partial charge is 0.240 e. The lowest BCUT2D eigenvalue weighted by atomic mass is 10.2. The first-order valence-electron chi connectivity index (χ1n) is 9.84. The fourth-order valence-electron chi connectivity index (χ4n) is 3.47. The maximum atomic E-state index is 11.8. The van der Waals surface area contributed by atoms with Crippen LogP contribution in [0.3, 0.4) is 0 Å². The van der Waals surface area contributed by atoms with Crippen molar-refractivity contribution in [1.82, 2.24) is 14.9 Å². The third kappa shape index (κ3) is 6.23. The highest BCUT2D eigenvalue weighted by Crippen LogP contribution is 2.28. The molecule has 2 aromatic carbocycles. The maximum Gasteiger partial charge on any atom is 0.240 e. The number of ether oxygens (including phenoxy) is 1. The molecule has 0 unspecified atom stereocenters. The second kappa shape index (κ2) is 11.5. The number of aliphatic imine (C=N–C) groups is 1. The number of anilines is 1. The third-order valence-corrected chi connectivity index (χ3v) is 6.60. The normalized spacial score (nSPS) is 14.7. The van der Waals surface area contributed by atoms with Crippen molar-refractivity contribution in [2.75, 3.05) is 52.3 Å². The molecule has 10 heteroatoms. The lowest BCUT2D eigenvalue weighted by Crippen LogP contribution is -2.52. The van der Waals surface area contributed by atoms with Gasteiger partial charge >= 0.3 is 0 Å². The molecule has 2 aromatic rings. The van der Waals surface area contributed by atoms with Gasteiger partial charge in [-0.1, -0.05) is 24.3 Å². The van der Waals surface area contributed by atoms with Crippen LogP contribution in [0, 0.1) is 0 Å². The highest BCUT2D eigenvalue weighted by atomic mass is 127. The summed E-state index contributed by atoms with van der Waals surface area (Å²) in [6, 6.07) is 14.9. The number of benzene rings is 2. The predicted octanol–water partition coefficient (Wildman–Crippen LogP) is 2.12. The van der Waals surface area contributed by atoms with E-state index in [9.17, 15) is 8.42 Å². The lowest BCUT2D eigenvalue weighted by molar-refractivity contribution is 0.367. The van der Waals surface area contributed by atoms with Gasteiger partial charge in [-0.15, -0.1) is 24.0 Å². The lowest BCUT2D eigenvalue weighted by Gasteiger charge is -2.38. The fourth-order valence-corrected chi connectivity index (χ4v) is 4.20. The molecule has 1 heterocycles. The van der Waals surface area contributed by atoms with Crippen molar-refractivity contribution in [3.63, 3.8) is 0 Å². The first-order valence-corrected chi connectivity index (χ1v) is 11.3. The molecule has 2 N–H and O–H groups in total. The number of methoxy groups -OCH3 is 1. The molecule has 1 aliphatic rings. The summed E-state index contributed by atoms with van der Waals surface area (Å²) in [7, 11) is 1.46. The first-order chi connectivity index (χ1) is 14.5. The van der Waals surface area contributed by atoms with Gasteiger partial charge in [-0.2, -0.15) is 0 Å². The van der Waals surface area contributed by atoms with Gasteiger partial charge in [-0.05, 0) is 36.9 Å². The SMILES string of the molecule is CN=C(NCc1ccc(S(=O)(=O)NC)cc1)N1CCN(c2ccccc2OC)CC1.I. The zero-order valence-electron chi connectivity index (χ0n) is 18.0. The summed E-state index contributed by atoms with van der Waals surface area (Å²) in [4.78, 5) is 9.22. The Morgan fingerprint density at radius 3 is 2.29 bits per heavy atom. The summed E-state index contributed by atoms with van der Waals surface area (Å²) in [5.74, 6) is 1.72. The van der Waals surface area contributed by atoms with Gasteiger partial charge < -0.3 is 19.9 Å². The van der Waals surface area contributed by atoms with E-state index in [1.165, 1.54) is 7.05 Å². The van der Waals surface area contributed by atoms with Crippen molar-refractivity contribution in [3.05, 3.63) is 54.1 Å². The molecular weight excluding hydrogens is 529 g/mol. The molecule has 0 amide bonds. The van der Waals surface area contributed by atoms with Crippen LogP contribution in [0.25, 0.3) is 0 Å². The Kier molecular flexibility index (Phi) is 9.38. The van der Waals surface area contributed by atoms with Crippen molar-refractivity contribution < 1.29 is 13.2 Å². The van der Waals surface area contributed by atoms with Crippen LogP contribution in [-0.2, 0) is 16.6 Å². The minimum Gasteiger partial charge on any atom is -0.495 e. The molecule has 0 saturated carbocycles. The van der Waals surface area contributed by atoms with Gasteiger partial charge in [0.15, 0.2) is 5.96 Å². The molecule has 0 spiro atoms. The van der Waals surface area contributed by atoms with Gasteiger partial charge in [0.2, 0.25) is 10.0 Å². The monoisotopic (exact) mass is 559 g/mol. The van der Waals surface area contributed by atoms with Gasteiger partial charge in [0.1, 0.15) is 5.75 Å². The van der Waals surface area contributed by atoms with E-state index in [-0.39, 0.29) is 28.9 Å². The molecule has 1 aliphatic heterocycles. The van der Waals surface area contributed by atoms with E-state index < -0.39 is 10.0 Å². The van der Waals surface area contributed by atoms with E-state index in [0.29, 0.717) is 6.54 Å². The van der Waals surface area contributed by atoms with Crippen LogP contribution in [0.15, 0.2) is 58.4 Å². The van der Waals surface area contributed by atoms with E-state index in [1.54, 1.807) is 26.3 Å². The average Bonchev–Trinajstić information content (AvgIpc) is 2.80.